The van der Waals surface area contributed by atoms with E-state index in [9.17, 15) is 13.2 Å². The summed E-state index contributed by atoms with van der Waals surface area (Å²) in [6.07, 6.45) is 0. The van der Waals surface area contributed by atoms with Gasteiger partial charge in [0.25, 0.3) is 0 Å². The highest BCUT2D eigenvalue weighted by atomic mass is 32.2. The molecule has 0 radical (unpaired) electrons. The Labute approximate surface area is 173 Å². The molecule has 1 aliphatic rings. The number of amides is 1. The minimum absolute atomic E-state index is 0.0809. The molecule has 1 saturated heterocycles. The van der Waals surface area contributed by atoms with Gasteiger partial charge in [-0.05, 0) is 51.0 Å². The lowest BCUT2D eigenvalue weighted by Gasteiger charge is -2.33. The second-order valence-electron chi connectivity index (χ2n) is 7.82. The molecule has 1 heterocycles. The largest absolute Gasteiger partial charge is 0.325 e. The Morgan fingerprint density at radius 2 is 1.48 bits per heavy atom. The van der Waals surface area contributed by atoms with Gasteiger partial charge in [-0.2, -0.15) is 4.31 Å². The number of nitrogens with one attached hydrogen (secondary N) is 1. The number of anilines is 1. The van der Waals surface area contributed by atoms with Crippen LogP contribution in [0, 0.1) is 27.7 Å². The van der Waals surface area contributed by atoms with Crippen LogP contribution in [-0.4, -0.2) is 56.3 Å². The summed E-state index contributed by atoms with van der Waals surface area (Å²) in [4.78, 5) is 14.8. The van der Waals surface area contributed by atoms with Gasteiger partial charge in [0, 0.05) is 31.9 Å². The topological polar surface area (TPSA) is 69.7 Å². The highest BCUT2D eigenvalue weighted by Crippen LogP contribution is 2.22. The Bertz CT molecular complexity index is 1010. The zero-order valence-corrected chi connectivity index (χ0v) is 18.3. The molecule has 1 fully saturated rings. The molecule has 0 unspecified atom stereocenters. The van der Waals surface area contributed by atoms with E-state index in [1.165, 1.54) is 4.31 Å². The third-order valence-electron chi connectivity index (χ3n) is 5.30. The van der Waals surface area contributed by atoms with Gasteiger partial charge in [0.05, 0.1) is 11.4 Å². The van der Waals surface area contributed by atoms with Crippen molar-refractivity contribution in [2.24, 2.45) is 0 Å². The molecule has 1 N–H and O–H groups in total. The first kappa shape index (κ1) is 21.5. The molecular formula is C22H29N3O3S. The van der Waals surface area contributed by atoms with E-state index in [-0.39, 0.29) is 12.5 Å². The Kier molecular flexibility index (Phi) is 6.41. The van der Waals surface area contributed by atoms with Crippen LogP contribution in [0.1, 0.15) is 22.3 Å². The van der Waals surface area contributed by atoms with Crippen molar-refractivity contribution in [3.05, 3.63) is 58.7 Å². The van der Waals surface area contributed by atoms with Crippen LogP contribution in [0.4, 0.5) is 5.69 Å². The van der Waals surface area contributed by atoms with Gasteiger partial charge in [-0.3, -0.25) is 9.69 Å². The third-order valence-corrected chi connectivity index (χ3v) is 7.36. The van der Waals surface area contributed by atoms with Crippen LogP contribution < -0.4 is 5.32 Å². The molecule has 0 aliphatic carbocycles. The summed E-state index contributed by atoms with van der Waals surface area (Å²) in [6.45, 7) is 9.85. The van der Waals surface area contributed by atoms with Crippen molar-refractivity contribution in [1.29, 1.82) is 0 Å². The van der Waals surface area contributed by atoms with Crippen LogP contribution in [0.15, 0.2) is 41.3 Å². The van der Waals surface area contributed by atoms with Gasteiger partial charge in [-0.1, -0.05) is 35.4 Å². The first-order chi connectivity index (χ1) is 13.7. The van der Waals surface area contributed by atoms with Crippen molar-refractivity contribution in [3.8, 4) is 0 Å². The van der Waals surface area contributed by atoms with Gasteiger partial charge in [-0.15, -0.1) is 0 Å². The Morgan fingerprint density at radius 3 is 2.07 bits per heavy atom. The summed E-state index contributed by atoms with van der Waals surface area (Å²) >= 11 is 0. The Morgan fingerprint density at radius 1 is 0.897 bits per heavy atom. The number of carbonyl (C=O) groups excluding carboxylic acids is 1. The number of hydrogen-bond acceptors (Lipinski definition) is 4. The standard InChI is InChI=1S/C22H29N3O3S/c1-16-5-7-20(18(3)13-16)23-22(26)15-24-9-11-25(12-10-24)29(27,28)21-8-6-17(2)14-19(21)4/h5-8,13-14H,9-12,15H2,1-4H3,(H,23,26). The van der Waals surface area contributed by atoms with E-state index in [2.05, 4.69) is 5.32 Å². The van der Waals surface area contributed by atoms with E-state index in [0.717, 1.165) is 27.9 Å². The molecule has 3 rings (SSSR count). The number of piperazine rings is 1. The number of aryl methyl sites for hydroxylation is 4. The normalized spacial score (nSPS) is 16.0. The monoisotopic (exact) mass is 415 g/mol. The predicted octanol–water partition coefficient (Wildman–Crippen LogP) is 2.87. The van der Waals surface area contributed by atoms with Gasteiger partial charge >= 0.3 is 0 Å². The van der Waals surface area contributed by atoms with Crippen molar-refractivity contribution >= 4 is 21.6 Å². The molecule has 0 saturated carbocycles. The molecule has 2 aromatic rings. The fourth-order valence-electron chi connectivity index (χ4n) is 3.70. The quantitative estimate of drug-likeness (QED) is 0.815. The highest BCUT2D eigenvalue weighted by Gasteiger charge is 2.30. The molecule has 1 aliphatic heterocycles. The molecule has 0 atom stereocenters. The van der Waals surface area contributed by atoms with Crippen molar-refractivity contribution < 1.29 is 13.2 Å². The van der Waals surface area contributed by atoms with E-state index < -0.39 is 10.0 Å². The van der Waals surface area contributed by atoms with E-state index in [1.807, 2.05) is 62.9 Å². The zero-order valence-electron chi connectivity index (χ0n) is 17.5. The maximum Gasteiger partial charge on any atom is 0.243 e. The van der Waals surface area contributed by atoms with Crippen LogP contribution in [0.5, 0.6) is 0 Å². The maximum atomic E-state index is 13.0. The van der Waals surface area contributed by atoms with E-state index >= 15 is 0 Å². The average Bonchev–Trinajstić information content (AvgIpc) is 2.64. The van der Waals surface area contributed by atoms with E-state index in [0.29, 0.717) is 31.1 Å². The van der Waals surface area contributed by atoms with Gasteiger partial charge in [0.1, 0.15) is 0 Å². The molecule has 0 spiro atoms. The summed E-state index contributed by atoms with van der Waals surface area (Å²) in [5.41, 5.74) is 4.81. The van der Waals surface area contributed by atoms with Crippen LogP contribution in [0.3, 0.4) is 0 Å². The first-order valence-electron chi connectivity index (χ1n) is 9.83. The predicted molar refractivity (Wildman–Crippen MR) is 116 cm³/mol. The number of nitrogens with zero attached hydrogens (tertiary/aromatic N) is 2. The Hall–Kier alpha value is -2.22. The summed E-state index contributed by atoms with van der Waals surface area (Å²) in [7, 11) is -3.51. The molecule has 7 heteroatoms. The fraction of sp³-hybridized carbons (Fsp3) is 0.409. The van der Waals surface area contributed by atoms with E-state index in [1.54, 1.807) is 6.07 Å². The number of benzene rings is 2. The SMILES string of the molecule is Cc1ccc(NC(=O)CN2CCN(S(=O)(=O)c3ccc(C)cc3C)CC2)c(C)c1. The average molecular weight is 416 g/mol. The second-order valence-corrected chi connectivity index (χ2v) is 9.72. The zero-order chi connectivity index (χ0) is 21.2. The molecule has 2 aromatic carbocycles. The lowest BCUT2D eigenvalue weighted by Crippen LogP contribution is -2.50. The summed E-state index contributed by atoms with van der Waals surface area (Å²) in [6, 6.07) is 11.3. The molecule has 0 bridgehead atoms. The van der Waals surface area contributed by atoms with Crippen LogP contribution >= 0.6 is 0 Å². The molecule has 156 valence electrons. The van der Waals surface area contributed by atoms with Crippen molar-refractivity contribution in [2.75, 3.05) is 38.0 Å². The molecular weight excluding hydrogens is 386 g/mol. The van der Waals surface area contributed by atoms with Gasteiger partial charge < -0.3 is 5.32 Å². The smallest absolute Gasteiger partial charge is 0.243 e. The highest BCUT2D eigenvalue weighted by molar-refractivity contribution is 7.89. The van der Waals surface area contributed by atoms with Crippen molar-refractivity contribution in [1.82, 2.24) is 9.21 Å². The fourth-order valence-corrected chi connectivity index (χ4v) is 5.33. The minimum atomic E-state index is -3.51. The molecule has 1 amide bonds. The number of sulfonamides is 1. The number of hydrogen-bond donors (Lipinski definition) is 1. The van der Waals surface area contributed by atoms with E-state index in [4.69, 9.17) is 0 Å². The molecule has 29 heavy (non-hydrogen) atoms. The lowest BCUT2D eigenvalue weighted by atomic mass is 10.1. The second kappa shape index (κ2) is 8.65. The summed E-state index contributed by atoms with van der Waals surface area (Å²) < 4.78 is 27.5. The van der Waals surface area contributed by atoms with Crippen molar-refractivity contribution in [3.63, 3.8) is 0 Å². The number of carbonyl (C=O) groups is 1. The van der Waals surface area contributed by atoms with Gasteiger partial charge in [0.2, 0.25) is 15.9 Å². The maximum absolute atomic E-state index is 13.0. The van der Waals surface area contributed by atoms with Crippen LogP contribution in [0.2, 0.25) is 0 Å². The van der Waals surface area contributed by atoms with Crippen LogP contribution in [0.25, 0.3) is 0 Å². The van der Waals surface area contributed by atoms with Crippen molar-refractivity contribution in [2.45, 2.75) is 32.6 Å². The molecule has 0 aromatic heterocycles. The first-order valence-corrected chi connectivity index (χ1v) is 11.3. The molecule has 6 nitrogen and oxygen atoms in total. The van der Waals surface area contributed by atoms with Gasteiger partial charge in [-0.25, -0.2) is 8.42 Å². The number of rotatable bonds is 5. The summed E-state index contributed by atoms with van der Waals surface area (Å²) in [5, 5.41) is 2.95. The van der Waals surface area contributed by atoms with Gasteiger partial charge in [0.15, 0.2) is 0 Å². The lowest BCUT2D eigenvalue weighted by molar-refractivity contribution is -0.117. The Balaban J connectivity index is 1.58. The third kappa shape index (κ3) is 5.04. The van der Waals surface area contributed by atoms with Crippen LogP contribution in [-0.2, 0) is 14.8 Å². The minimum Gasteiger partial charge on any atom is -0.325 e. The summed E-state index contributed by atoms with van der Waals surface area (Å²) in [5.74, 6) is -0.0809.